The lowest BCUT2D eigenvalue weighted by molar-refractivity contribution is 1.10. The molecule has 3 rings (SSSR count). The number of rotatable bonds is 3. The van der Waals surface area contributed by atoms with Gasteiger partial charge in [-0.25, -0.2) is 4.98 Å². The fourth-order valence-corrected chi connectivity index (χ4v) is 3.15. The standard InChI is InChI=1S/C15H12ClNS/c16-9-13-10-18-15(17-13)8-12-6-3-5-11-4-1-2-7-14(11)12/h1-7,10H,8-9H2. The van der Waals surface area contributed by atoms with E-state index >= 15 is 0 Å². The SMILES string of the molecule is ClCc1csc(Cc2cccc3ccccc23)n1. The third-order valence-electron chi connectivity index (χ3n) is 2.96. The summed E-state index contributed by atoms with van der Waals surface area (Å²) in [5, 5.41) is 5.75. The summed E-state index contributed by atoms with van der Waals surface area (Å²) in [6.07, 6.45) is 0.878. The Morgan fingerprint density at radius 2 is 1.89 bits per heavy atom. The molecule has 0 saturated heterocycles. The van der Waals surface area contributed by atoms with Crippen molar-refractivity contribution >= 4 is 33.7 Å². The molecule has 0 amide bonds. The van der Waals surface area contributed by atoms with Crippen molar-refractivity contribution in [1.82, 2.24) is 4.98 Å². The Morgan fingerprint density at radius 1 is 1.06 bits per heavy atom. The van der Waals surface area contributed by atoms with Gasteiger partial charge in [0, 0.05) is 11.8 Å². The van der Waals surface area contributed by atoms with Gasteiger partial charge in [0.05, 0.1) is 16.6 Å². The topological polar surface area (TPSA) is 12.9 Å². The maximum absolute atomic E-state index is 5.78. The summed E-state index contributed by atoms with van der Waals surface area (Å²) in [4.78, 5) is 4.52. The summed E-state index contributed by atoms with van der Waals surface area (Å²) in [6.45, 7) is 0. The number of fused-ring (bicyclic) bond motifs is 1. The molecule has 0 saturated carbocycles. The minimum Gasteiger partial charge on any atom is -0.245 e. The highest BCUT2D eigenvalue weighted by atomic mass is 35.5. The van der Waals surface area contributed by atoms with Crippen molar-refractivity contribution in [3.63, 3.8) is 0 Å². The molecule has 0 N–H and O–H groups in total. The van der Waals surface area contributed by atoms with Crippen LogP contribution in [0.2, 0.25) is 0 Å². The second kappa shape index (κ2) is 5.09. The fraction of sp³-hybridized carbons (Fsp3) is 0.133. The molecule has 1 heterocycles. The minimum atomic E-state index is 0.492. The third kappa shape index (κ3) is 2.26. The maximum Gasteiger partial charge on any atom is 0.0972 e. The monoisotopic (exact) mass is 273 g/mol. The van der Waals surface area contributed by atoms with Crippen LogP contribution in [0.3, 0.4) is 0 Å². The zero-order valence-corrected chi connectivity index (χ0v) is 11.3. The number of benzene rings is 2. The Morgan fingerprint density at radius 3 is 2.72 bits per heavy atom. The van der Waals surface area contributed by atoms with Crippen LogP contribution >= 0.6 is 22.9 Å². The van der Waals surface area contributed by atoms with Gasteiger partial charge in [-0.3, -0.25) is 0 Å². The molecular weight excluding hydrogens is 262 g/mol. The molecule has 0 atom stereocenters. The van der Waals surface area contributed by atoms with E-state index in [0.717, 1.165) is 17.1 Å². The van der Waals surface area contributed by atoms with Crippen LogP contribution in [-0.4, -0.2) is 4.98 Å². The summed E-state index contributed by atoms with van der Waals surface area (Å²) in [5.74, 6) is 0.492. The number of alkyl halides is 1. The zero-order chi connectivity index (χ0) is 12.4. The van der Waals surface area contributed by atoms with Crippen LogP contribution in [-0.2, 0) is 12.3 Å². The highest BCUT2D eigenvalue weighted by molar-refractivity contribution is 7.09. The van der Waals surface area contributed by atoms with Gasteiger partial charge in [-0.2, -0.15) is 0 Å². The van der Waals surface area contributed by atoms with E-state index in [0.29, 0.717) is 5.88 Å². The molecule has 3 aromatic rings. The lowest BCUT2D eigenvalue weighted by Crippen LogP contribution is -1.89. The van der Waals surface area contributed by atoms with E-state index in [2.05, 4.69) is 47.4 Å². The smallest absolute Gasteiger partial charge is 0.0972 e. The average Bonchev–Trinajstić information content (AvgIpc) is 2.87. The van der Waals surface area contributed by atoms with E-state index in [1.807, 2.05) is 5.38 Å². The molecule has 90 valence electrons. The minimum absolute atomic E-state index is 0.492. The van der Waals surface area contributed by atoms with E-state index in [9.17, 15) is 0 Å². The van der Waals surface area contributed by atoms with Gasteiger partial charge in [-0.05, 0) is 16.3 Å². The first-order chi connectivity index (χ1) is 8.86. The van der Waals surface area contributed by atoms with Crippen molar-refractivity contribution < 1.29 is 0 Å². The molecule has 0 aliphatic carbocycles. The number of nitrogens with zero attached hydrogens (tertiary/aromatic N) is 1. The second-order valence-electron chi connectivity index (χ2n) is 4.18. The molecule has 0 radical (unpaired) electrons. The largest absolute Gasteiger partial charge is 0.245 e. The molecule has 0 fully saturated rings. The Hall–Kier alpha value is -1.38. The first kappa shape index (κ1) is 11.7. The highest BCUT2D eigenvalue weighted by Gasteiger charge is 2.05. The van der Waals surface area contributed by atoms with Crippen LogP contribution in [0, 0.1) is 0 Å². The van der Waals surface area contributed by atoms with Gasteiger partial charge in [0.15, 0.2) is 0 Å². The van der Waals surface area contributed by atoms with Gasteiger partial charge in [0.25, 0.3) is 0 Å². The summed E-state index contributed by atoms with van der Waals surface area (Å²) in [5.41, 5.74) is 2.29. The van der Waals surface area contributed by atoms with Crippen LogP contribution in [0.5, 0.6) is 0 Å². The van der Waals surface area contributed by atoms with E-state index in [1.54, 1.807) is 11.3 Å². The predicted molar refractivity (Wildman–Crippen MR) is 78.4 cm³/mol. The maximum atomic E-state index is 5.78. The molecule has 2 aromatic carbocycles. The Kier molecular flexibility index (Phi) is 3.31. The number of hydrogen-bond acceptors (Lipinski definition) is 2. The van der Waals surface area contributed by atoms with Crippen molar-refractivity contribution in [2.75, 3.05) is 0 Å². The number of aromatic nitrogens is 1. The van der Waals surface area contributed by atoms with Crippen molar-refractivity contribution in [3.05, 3.63) is 64.1 Å². The molecule has 0 spiro atoms. The number of hydrogen-bond donors (Lipinski definition) is 0. The predicted octanol–water partition coefficient (Wildman–Crippen LogP) is 4.63. The van der Waals surface area contributed by atoms with Gasteiger partial charge in [0.2, 0.25) is 0 Å². The Balaban J connectivity index is 1.99. The van der Waals surface area contributed by atoms with Crippen LogP contribution in [0.15, 0.2) is 47.8 Å². The molecule has 1 aromatic heterocycles. The number of halogens is 1. The van der Waals surface area contributed by atoms with Crippen LogP contribution in [0.25, 0.3) is 10.8 Å². The molecule has 3 heteroatoms. The number of thiazole rings is 1. The Bertz CT molecular complexity index is 670. The van der Waals surface area contributed by atoms with Crippen molar-refractivity contribution in [3.8, 4) is 0 Å². The molecule has 18 heavy (non-hydrogen) atoms. The van der Waals surface area contributed by atoms with E-state index in [-0.39, 0.29) is 0 Å². The first-order valence-electron chi connectivity index (χ1n) is 5.83. The lowest BCUT2D eigenvalue weighted by Gasteiger charge is -2.04. The van der Waals surface area contributed by atoms with E-state index in [1.165, 1.54) is 16.3 Å². The quantitative estimate of drug-likeness (QED) is 0.634. The molecule has 0 aliphatic heterocycles. The first-order valence-corrected chi connectivity index (χ1v) is 7.24. The second-order valence-corrected chi connectivity index (χ2v) is 5.39. The van der Waals surface area contributed by atoms with E-state index < -0.39 is 0 Å². The normalized spacial score (nSPS) is 10.9. The molecule has 1 nitrogen and oxygen atoms in total. The van der Waals surface area contributed by atoms with Gasteiger partial charge in [-0.15, -0.1) is 22.9 Å². The average molecular weight is 274 g/mol. The molecule has 0 aliphatic rings. The summed E-state index contributed by atoms with van der Waals surface area (Å²) >= 11 is 7.46. The van der Waals surface area contributed by atoms with E-state index in [4.69, 9.17) is 11.6 Å². The highest BCUT2D eigenvalue weighted by Crippen LogP contribution is 2.23. The van der Waals surface area contributed by atoms with Gasteiger partial charge < -0.3 is 0 Å². The van der Waals surface area contributed by atoms with Crippen molar-refractivity contribution in [1.29, 1.82) is 0 Å². The lowest BCUT2D eigenvalue weighted by atomic mass is 10.0. The van der Waals surface area contributed by atoms with Gasteiger partial charge in [-0.1, -0.05) is 42.5 Å². The fourth-order valence-electron chi connectivity index (χ4n) is 2.10. The van der Waals surface area contributed by atoms with Crippen LogP contribution in [0.1, 0.15) is 16.3 Å². The van der Waals surface area contributed by atoms with Crippen LogP contribution in [0.4, 0.5) is 0 Å². The molecule has 0 bridgehead atoms. The van der Waals surface area contributed by atoms with Crippen molar-refractivity contribution in [2.45, 2.75) is 12.3 Å². The summed E-state index contributed by atoms with van der Waals surface area (Å²) < 4.78 is 0. The Labute approximate surface area is 115 Å². The van der Waals surface area contributed by atoms with Crippen molar-refractivity contribution in [2.24, 2.45) is 0 Å². The third-order valence-corrected chi connectivity index (χ3v) is 4.13. The molecule has 0 unspecified atom stereocenters. The zero-order valence-electron chi connectivity index (χ0n) is 9.77. The van der Waals surface area contributed by atoms with Gasteiger partial charge in [0.1, 0.15) is 0 Å². The summed E-state index contributed by atoms with van der Waals surface area (Å²) in [7, 11) is 0. The van der Waals surface area contributed by atoms with Gasteiger partial charge >= 0.3 is 0 Å². The van der Waals surface area contributed by atoms with Crippen LogP contribution < -0.4 is 0 Å². The molecular formula is C15H12ClNS. The summed E-state index contributed by atoms with van der Waals surface area (Å²) in [6, 6.07) is 14.9.